The molecule has 4 heteroatoms. The molecule has 2 aromatic rings. The van der Waals surface area contributed by atoms with Crippen LogP contribution in [0, 0.1) is 0 Å². The number of benzene rings is 1. The number of hydrogen-bond acceptors (Lipinski definition) is 3. The Balaban J connectivity index is 2.40. The van der Waals surface area contributed by atoms with Crippen molar-refractivity contribution in [3.63, 3.8) is 0 Å². The summed E-state index contributed by atoms with van der Waals surface area (Å²) in [5.41, 5.74) is 7.00. The molecule has 84 valence electrons. The van der Waals surface area contributed by atoms with Gasteiger partial charge in [0.1, 0.15) is 11.5 Å². The first-order valence-electron chi connectivity index (χ1n) is 4.85. The Hall–Kier alpha value is -1.26. The second-order valence-corrected chi connectivity index (χ2v) is 4.30. The molecule has 1 aromatic heterocycles. The summed E-state index contributed by atoms with van der Waals surface area (Å²) in [6, 6.07) is 9.11. The molecule has 16 heavy (non-hydrogen) atoms. The Morgan fingerprint density at radius 3 is 2.81 bits per heavy atom. The van der Waals surface area contributed by atoms with Gasteiger partial charge in [0.2, 0.25) is 0 Å². The Kier molecular flexibility index (Phi) is 3.31. The molecule has 1 aromatic carbocycles. The lowest BCUT2D eigenvalue weighted by atomic mass is 10.0. The summed E-state index contributed by atoms with van der Waals surface area (Å²) >= 11 is 3.39. The first-order chi connectivity index (χ1) is 7.72. The summed E-state index contributed by atoms with van der Waals surface area (Å²) in [4.78, 5) is 0. The molecule has 0 aliphatic carbocycles. The highest BCUT2D eigenvalue weighted by Gasteiger charge is 2.16. The minimum atomic E-state index is -0.307. The van der Waals surface area contributed by atoms with Crippen LogP contribution in [0.3, 0.4) is 0 Å². The standard InChI is InChI=1S/C12H12BrNO2/c1-15-11-7-8(13)4-5-9(11)12(14)10-3-2-6-16-10/h2-7,12H,14H2,1H3. The van der Waals surface area contributed by atoms with E-state index >= 15 is 0 Å². The molecule has 2 N–H and O–H groups in total. The van der Waals surface area contributed by atoms with Crippen molar-refractivity contribution in [2.24, 2.45) is 5.73 Å². The highest BCUT2D eigenvalue weighted by Crippen LogP contribution is 2.30. The molecule has 0 bridgehead atoms. The maximum atomic E-state index is 6.10. The topological polar surface area (TPSA) is 48.4 Å². The van der Waals surface area contributed by atoms with Crippen LogP contribution in [0.5, 0.6) is 5.75 Å². The number of furan rings is 1. The molecular weight excluding hydrogens is 270 g/mol. The Morgan fingerprint density at radius 2 is 2.19 bits per heavy atom. The average Bonchev–Trinajstić information content (AvgIpc) is 2.81. The smallest absolute Gasteiger partial charge is 0.125 e. The Morgan fingerprint density at radius 1 is 1.38 bits per heavy atom. The van der Waals surface area contributed by atoms with Crippen LogP contribution in [0.15, 0.2) is 45.5 Å². The van der Waals surface area contributed by atoms with Gasteiger partial charge in [-0.2, -0.15) is 0 Å². The third-order valence-electron chi connectivity index (χ3n) is 2.38. The van der Waals surface area contributed by atoms with Crippen molar-refractivity contribution >= 4 is 15.9 Å². The van der Waals surface area contributed by atoms with Gasteiger partial charge in [-0.05, 0) is 24.3 Å². The predicted octanol–water partition coefficient (Wildman–Crippen LogP) is 3.10. The van der Waals surface area contributed by atoms with E-state index in [1.165, 1.54) is 0 Å². The molecule has 0 spiro atoms. The zero-order valence-corrected chi connectivity index (χ0v) is 10.4. The fraction of sp³-hybridized carbons (Fsp3) is 0.167. The summed E-state index contributed by atoms with van der Waals surface area (Å²) in [7, 11) is 1.63. The molecule has 0 saturated heterocycles. The molecule has 2 rings (SSSR count). The Labute approximate surface area is 102 Å². The van der Waals surface area contributed by atoms with Crippen LogP contribution >= 0.6 is 15.9 Å². The molecule has 0 aliphatic rings. The fourth-order valence-corrected chi connectivity index (χ4v) is 1.90. The maximum Gasteiger partial charge on any atom is 0.125 e. The van der Waals surface area contributed by atoms with Gasteiger partial charge in [-0.3, -0.25) is 0 Å². The molecule has 0 saturated carbocycles. The van der Waals surface area contributed by atoms with E-state index in [-0.39, 0.29) is 6.04 Å². The minimum absolute atomic E-state index is 0.307. The van der Waals surface area contributed by atoms with Gasteiger partial charge in [0.05, 0.1) is 19.4 Å². The number of methoxy groups -OCH3 is 1. The highest BCUT2D eigenvalue weighted by atomic mass is 79.9. The largest absolute Gasteiger partial charge is 0.496 e. The van der Waals surface area contributed by atoms with E-state index in [9.17, 15) is 0 Å². The van der Waals surface area contributed by atoms with Crippen LogP contribution in [0.2, 0.25) is 0 Å². The van der Waals surface area contributed by atoms with Crippen molar-refractivity contribution in [3.8, 4) is 5.75 Å². The summed E-state index contributed by atoms with van der Waals surface area (Å²) in [5.74, 6) is 1.47. The van der Waals surface area contributed by atoms with Crippen molar-refractivity contribution in [1.29, 1.82) is 0 Å². The number of hydrogen-bond donors (Lipinski definition) is 1. The van der Waals surface area contributed by atoms with Crippen molar-refractivity contribution < 1.29 is 9.15 Å². The molecule has 1 unspecified atom stereocenters. The normalized spacial score (nSPS) is 12.4. The van der Waals surface area contributed by atoms with E-state index in [4.69, 9.17) is 14.9 Å². The molecule has 0 amide bonds. The molecule has 1 atom stereocenters. The zero-order chi connectivity index (χ0) is 11.5. The third kappa shape index (κ3) is 2.13. The van der Waals surface area contributed by atoms with Gasteiger partial charge in [-0.1, -0.05) is 22.0 Å². The second-order valence-electron chi connectivity index (χ2n) is 3.38. The SMILES string of the molecule is COc1cc(Br)ccc1C(N)c1ccco1. The quantitative estimate of drug-likeness (QED) is 0.941. The molecule has 0 aliphatic heterocycles. The third-order valence-corrected chi connectivity index (χ3v) is 2.87. The average molecular weight is 282 g/mol. The van der Waals surface area contributed by atoms with E-state index in [1.54, 1.807) is 13.4 Å². The first kappa shape index (κ1) is 11.2. The van der Waals surface area contributed by atoms with Crippen LogP contribution in [-0.2, 0) is 0 Å². The van der Waals surface area contributed by atoms with Crippen molar-refractivity contribution in [2.45, 2.75) is 6.04 Å². The van der Waals surface area contributed by atoms with Crippen LogP contribution in [0.4, 0.5) is 0 Å². The molecule has 1 heterocycles. The van der Waals surface area contributed by atoms with Gasteiger partial charge in [-0.25, -0.2) is 0 Å². The number of halogens is 1. The van der Waals surface area contributed by atoms with Gasteiger partial charge in [-0.15, -0.1) is 0 Å². The zero-order valence-electron chi connectivity index (χ0n) is 8.81. The molecule has 0 fully saturated rings. The summed E-state index contributed by atoms with van der Waals surface area (Å²) in [6.07, 6.45) is 1.61. The van der Waals surface area contributed by atoms with E-state index in [2.05, 4.69) is 15.9 Å². The highest BCUT2D eigenvalue weighted by molar-refractivity contribution is 9.10. The maximum absolute atomic E-state index is 6.10. The number of ether oxygens (including phenoxy) is 1. The Bertz CT molecular complexity index is 468. The predicted molar refractivity (Wildman–Crippen MR) is 65.4 cm³/mol. The molecular formula is C12H12BrNO2. The van der Waals surface area contributed by atoms with Crippen LogP contribution < -0.4 is 10.5 Å². The van der Waals surface area contributed by atoms with Gasteiger partial charge in [0.15, 0.2) is 0 Å². The lowest BCUT2D eigenvalue weighted by molar-refractivity contribution is 0.402. The van der Waals surface area contributed by atoms with Crippen molar-refractivity contribution in [3.05, 3.63) is 52.4 Å². The summed E-state index contributed by atoms with van der Waals surface area (Å²) in [5, 5.41) is 0. The van der Waals surface area contributed by atoms with Gasteiger partial charge < -0.3 is 14.9 Å². The van der Waals surface area contributed by atoms with E-state index in [0.29, 0.717) is 0 Å². The monoisotopic (exact) mass is 281 g/mol. The molecule has 3 nitrogen and oxygen atoms in total. The van der Waals surface area contributed by atoms with Gasteiger partial charge >= 0.3 is 0 Å². The number of rotatable bonds is 3. The van der Waals surface area contributed by atoms with E-state index in [1.807, 2.05) is 30.3 Å². The second kappa shape index (κ2) is 4.72. The lowest BCUT2D eigenvalue weighted by Crippen LogP contribution is -2.12. The molecule has 0 radical (unpaired) electrons. The van der Waals surface area contributed by atoms with Crippen molar-refractivity contribution in [1.82, 2.24) is 0 Å². The van der Waals surface area contributed by atoms with Crippen LogP contribution in [-0.4, -0.2) is 7.11 Å². The number of nitrogens with two attached hydrogens (primary N) is 1. The summed E-state index contributed by atoms with van der Waals surface area (Å²) < 4.78 is 11.5. The van der Waals surface area contributed by atoms with Crippen molar-refractivity contribution in [2.75, 3.05) is 7.11 Å². The van der Waals surface area contributed by atoms with Gasteiger partial charge in [0, 0.05) is 10.0 Å². The minimum Gasteiger partial charge on any atom is -0.496 e. The van der Waals surface area contributed by atoms with Crippen LogP contribution in [0.25, 0.3) is 0 Å². The van der Waals surface area contributed by atoms with Crippen LogP contribution in [0.1, 0.15) is 17.4 Å². The fourth-order valence-electron chi connectivity index (χ4n) is 1.56. The van der Waals surface area contributed by atoms with E-state index < -0.39 is 0 Å². The lowest BCUT2D eigenvalue weighted by Gasteiger charge is -2.13. The first-order valence-corrected chi connectivity index (χ1v) is 5.64. The van der Waals surface area contributed by atoms with E-state index in [0.717, 1.165) is 21.5 Å². The summed E-state index contributed by atoms with van der Waals surface area (Å²) in [6.45, 7) is 0. The van der Waals surface area contributed by atoms with Gasteiger partial charge in [0.25, 0.3) is 0 Å².